The van der Waals surface area contributed by atoms with Gasteiger partial charge in [-0.1, -0.05) is 62.4 Å². The van der Waals surface area contributed by atoms with Gasteiger partial charge in [0.05, 0.1) is 13.1 Å². The summed E-state index contributed by atoms with van der Waals surface area (Å²) in [7, 11) is 0. The van der Waals surface area contributed by atoms with Gasteiger partial charge in [0.15, 0.2) is 0 Å². The zero-order valence-corrected chi connectivity index (χ0v) is 15.8. The quantitative estimate of drug-likeness (QED) is 0.807. The number of para-hydroxylation sites is 1. The molecule has 5 heteroatoms. The Kier molecular flexibility index (Phi) is 6.12. The van der Waals surface area contributed by atoms with Crippen LogP contribution >= 0.6 is 0 Å². The first-order valence-corrected chi connectivity index (χ1v) is 9.39. The summed E-state index contributed by atoms with van der Waals surface area (Å²) in [6.07, 6.45) is -0.286. The first-order chi connectivity index (χ1) is 13.0. The van der Waals surface area contributed by atoms with Gasteiger partial charge in [-0.25, -0.2) is 4.79 Å². The van der Waals surface area contributed by atoms with Gasteiger partial charge in [-0.15, -0.1) is 0 Å². The van der Waals surface area contributed by atoms with Crippen molar-refractivity contribution in [1.29, 1.82) is 0 Å². The lowest BCUT2D eigenvalue weighted by Gasteiger charge is -2.21. The zero-order valence-electron chi connectivity index (χ0n) is 15.8. The predicted molar refractivity (Wildman–Crippen MR) is 106 cm³/mol. The Morgan fingerprint density at radius 2 is 1.74 bits per heavy atom. The minimum atomic E-state index is -0.371. The van der Waals surface area contributed by atoms with E-state index >= 15 is 0 Å². The van der Waals surface area contributed by atoms with Crippen LogP contribution in [0.2, 0.25) is 0 Å². The highest BCUT2D eigenvalue weighted by Crippen LogP contribution is 2.27. The fraction of sp³-hybridized carbons (Fsp3) is 0.364. The minimum absolute atomic E-state index is 0.0215. The largest absolute Gasteiger partial charge is 0.442 e. The van der Waals surface area contributed by atoms with E-state index in [4.69, 9.17) is 4.74 Å². The van der Waals surface area contributed by atoms with Crippen LogP contribution in [0.15, 0.2) is 60.7 Å². The molecule has 1 saturated heterocycles. The van der Waals surface area contributed by atoms with Gasteiger partial charge in [-0.3, -0.25) is 9.69 Å². The molecule has 0 aromatic heterocycles. The molecule has 0 radical (unpaired) electrons. The van der Waals surface area contributed by atoms with Crippen molar-refractivity contribution in [3.8, 4) is 0 Å². The lowest BCUT2D eigenvalue weighted by atomic mass is 9.85. The highest BCUT2D eigenvalue weighted by molar-refractivity contribution is 5.89. The van der Waals surface area contributed by atoms with E-state index in [1.54, 1.807) is 4.90 Å². The predicted octanol–water partition coefficient (Wildman–Crippen LogP) is 3.96. The summed E-state index contributed by atoms with van der Waals surface area (Å²) >= 11 is 0. The number of carbonyl (C=O) groups is 2. The van der Waals surface area contributed by atoms with Crippen LogP contribution in [0.5, 0.6) is 0 Å². The molecule has 2 aromatic rings. The number of hydrogen-bond donors (Lipinski definition) is 1. The molecule has 2 aromatic carbocycles. The standard InChI is InChI=1S/C22H26N2O3/c1-16(2)20(17-9-5-3-6-10-17)13-21(25)23-14-19-15-24(22(26)27-19)18-11-7-4-8-12-18/h3-12,16,19-20H,13-15H2,1-2H3,(H,23,25). The van der Waals surface area contributed by atoms with Crippen molar-refractivity contribution in [1.82, 2.24) is 5.32 Å². The number of cyclic esters (lactones) is 1. The maximum absolute atomic E-state index is 12.5. The van der Waals surface area contributed by atoms with E-state index in [2.05, 4.69) is 31.3 Å². The van der Waals surface area contributed by atoms with Gasteiger partial charge in [0.25, 0.3) is 0 Å². The molecule has 1 heterocycles. The van der Waals surface area contributed by atoms with Gasteiger partial charge in [-0.2, -0.15) is 0 Å². The van der Waals surface area contributed by atoms with Gasteiger partial charge in [0.2, 0.25) is 5.91 Å². The average molecular weight is 366 g/mol. The molecular weight excluding hydrogens is 340 g/mol. The summed E-state index contributed by atoms with van der Waals surface area (Å²) in [4.78, 5) is 26.1. The van der Waals surface area contributed by atoms with Crippen LogP contribution in [-0.2, 0) is 9.53 Å². The van der Waals surface area contributed by atoms with Gasteiger partial charge in [0, 0.05) is 12.1 Å². The van der Waals surface area contributed by atoms with Crippen molar-refractivity contribution in [3.63, 3.8) is 0 Å². The molecule has 0 bridgehead atoms. The Morgan fingerprint density at radius 1 is 1.11 bits per heavy atom. The SMILES string of the molecule is CC(C)C(CC(=O)NCC1CN(c2ccccc2)C(=O)O1)c1ccccc1. The van der Waals surface area contributed by atoms with Crippen LogP contribution < -0.4 is 10.2 Å². The second kappa shape index (κ2) is 8.71. The maximum Gasteiger partial charge on any atom is 0.414 e. The van der Waals surface area contributed by atoms with E-state index < -0.39 is 0 Å². The van der Waals surface area contributed by atoms with Crippen LogP contribution in [0, 0.1) is 5.92 Å². The van der Waals surface area contributed by atoms with E-state index in [0.717, 1.165) is 5.69 Å². The van der Waals surface area contributed by atoms with Crippen molar-refractivity contribution >= 4 is 17.7 Å². The van der Waals surface area contributed by atoms with E-state index in [1.807, 2.05) is 48.5 Å². The number of nitrogens with zero attached hydrogens (tertiary/aromatic N) is 1. The van der Waals surface area contributed by atoms with Crippen LogP contribution in [0.4, 0.5) is 10.5 Å². The number of anilines is 1. The normalized spacial score (nSPS) is 17.7. The fourth-order valence-corrected chi connectivity index (χ4v) is 3.38. The van der Waals surface area contributed by atoms with E-state index in [0.29, 0.717) is 25.4 Å². The third-order valence-corrected chi connectivity index (χ3v) is 4.91. The van der Waals surface area contributed by atoms with Crippen molar-refractivity contribution in [2.75, 3.05) is 18.0 Å². The number of nitrogens with one attached hydrogen (secondary N) is 1. The number of amides is 2. The van der Waals surface area contributed by atoms with Crippen LogP contribution in [0.1, 0.15) is 31.7 Å². The fourth-order valence-electron chi connectivity index (χ4n) is 3.38. The van der Waals surface area contributed by atoms with Gasteiger partial charge < -0.3 is 10.1 Å². The van der Waals surface area contributed by atoms with E-state index in [1.165, 1.54) is 5.56 Å². The topological polar surface area (TPSA) is 58.6 Å². The molecule has 3 rings (SSSR count). The second-order valence-electron chi connectivity index (χ2n) is 7.22. The minimum Gasteiger partial charge on any atom is -0.442 e. The molecule has 0 aliphatic carbocycles. The molecule has 2 unspecified atom stereocenters. The molecular formula is C22H26N2O3. The van der Waals surface area contributed by atoms with E-state index in [-0.39, 0.29) is 24.0 Å². The Morgan fingerprint density at radius 3 is 2.37 bits per heavy atom. The molecule has 27 heavy (non-hydrogen) atoms. The summed E-state index contributed by atoms with van der Waals surface area (Å²) in [5, 5.41) is 2.93. The monoisotopic (exact) mass is 366 g/mol. The van der Waals surface area contributed by atoms with Crippen molar-refractivity contribution in [2.24, 2.45) is 5.92 Å². The van der Waals surface area contributed by atoms with Gasteiger partial charge in [0.1, 0.15) is 6.10 Å². The maximum atomic E-state index is 12.5. The average Bonchev–Trinajstić information content (AvgIpc) is 3.06. The summed E-state index contributed by atoms with van der Waals surface area (Å²) in [6.45, 7) is 5.02. The Bertz CT molecular complexity index is 762. The second-order valence-corrected chi connectivity index (χ2v) is 7.22. The molecule has 2 atom stereocenters. The number of rotatable bonds is 7. The molecule has 5 nitrogen and oxygen atoms in total. The Hall–Kier alpha value is -2.82. The number of carbonyl (C=O) groups excluding carboxylic acids is 2. The summed E-state index contributed by atoms with van der Waals surface area (Å²) in [6, 6.07) is 19.5. The molecule has 1 aliphatic heterocycles. The number of hydrogen-bond acceptors (Lipinski definition) is 3. The third kappa shape index (κ3) is 4.88. The molecule has 0 spiro atoms. The molecule has 1 N–H and O–H groups in total. The molecule has 1 fully saturated rings. The first kappa shape index (κ1) is 19.0. The van der Waals surface area contributed by atoms with Crippen molar-refractivity contribution < 1.29 is 14.3 Å². The van der Waals surface area contributed by atoms with Gasteiger partial charge >= 0.3 is 6.09 Å². The third-order valence-electron chi connectivity index (χ3n) is 4.91. The number of benzene rings is 2. The highest BCUT2D eigenvalue weighted by Gasteiger charge is 2.32. The summed E-state index contributed by atoms with van der Waals surface area (Å²) < 4.78 is 5.39. The lowest BCUT2D eigenvalue weighted by Crippen LogP contribution is -2.35. The van der Waals surface area contributed by atoms with Crippen LogP contribution in [0.25, 0.3) is 0 Å². The van der Waals surface area contributed by atoms with E-state index in [9.17, 15) is 9.59 Å². The number of ether oxygens (including phenoxy) is 1. The van der Waals surface area contributed by atoms with Crippen LogP contribution in [0.3, 0.4) is 0 Å². The summed E-state index contributed by atoms with van der Waals surface area (Å²) in [5.41, 5.74) is 1.98. The highest BCUT2D eigenvalue weighted by atomic mass is 16.6. The zero-order chi connectivity index (χ0) is 19.2. The molecule has 0 saturated carbocycles. The van der Waals surface area contributed by atoms with Crippen LogP contribution in [-0.4, -0.2) is 31.2 Å². The molecule has 2 amide bonds. The smallest absolute Gasteiger partial charge is 0.414 e. The first-order valence-electron chi connectivity index (χ1n) is 9.39. The van der Waals surface area contributed by atoms with Gasteiger partial charge in [-0.05, 0) is 29.5 Å². The van der Waals surface area contributed by atoms with Crippen molar-refractivity contribution in [3.05, 3.63) is 66.2 Å². The Labute approximate surface area is 160 Å². The molecule has 1 aliphatic rings. The van der Waals surface area contributed by atoms with Crippen molar-refractivity contribution in [2.45, 2.75) is 32.3 Å². The molecule has 142 valence electrons. The summed E-state index contributed by atoms with van der Waals surface area (Å²) in [5.74, 6) is 0.501. The lowest BCUT2D eigenvalue weighted by molar-refractivity contribution is -0.122. The Balaban J connectivity index is 1.52.